The fourth-order valence-electron chi connectivity index (χ4n) is 2.59. The Balaban J connectivity index is 2.66. The van der Waals surface area contributed by atoms with Crippen molar-refractivity contribution < 1.29 is 4.79 Å². The summed E-state index contributed by atoms with van der Waals surface area (Å²) in [6, 6.07) is 8.08. The molecule has 0 amide bonds. The Morgan fingerprint density at radius 3 is 2.72 bits per heavy atom. The summed E-state index contributed by atoms with van der Waals surface area (Å²) in [7, 11) is 0. The summed E-state index contributed by atoms with van der Waals surface area (Å²) in [5, 5.41) is 2.25. The van der Waals surface area contributed by atoms with Gasteiger partial charge in [-0.1, -0.05) is 12.1 Å². The first-order valence-electron chi connectivity index (χ1n) is 5.97. The number of hydrogen-bond acceptors (Lipinski definition) is 2. The minimum atomic E-state index is 0.0197. The van der Waals surface area contributed by atoms with Crippen LogP contribution < -0.4 is 0 Å². The molecule has 3 heteroatoms. The highest BCUT2D eigenvalue weighted by Crippen LogP contribution is 2.31. The van der Waals surface area contributed by atoms with Crippen LogP contribution in [-0.2, 0) is 0 Å². The van der Waals surface area contributed by atoms with Gasteiger partial charge in [0.05, 0.1) is 17.2 Å². The smallest absolute Gasteiger partial charge is 0.228 e. The van der Waals surface area contributed by atoms with Crippen LogP contribution in [0.4, 0.5) is 0 Å². The average Bonchev–Trinajstić information content (AvgIpc) is 2.63. The fourth-order valence-corrected chi connectivity index (χ4v) is 2.59. The predicted molar refractivity (Wildman–Crippen MR) is 73.0 cm³/mol. The maximum absolute atomic E-state index is 11.9. The normalized spacial score (nSPS) is 11.3. The van der Waals surface area contributed by atoms with Gasteiger partial charge >= 0.3 is 0 Å². The van der Waals surface area contributed by atoms with Crippen molar-refractivity contribution in [3.8, 4) is 0 Å². The van der Waals surface area contributed by atoms with Crippen LogP contribution in [0.3, 0.4) is 0 Å². The van der Waals surface area contributed by atoms with Gasteiger partial charge in [0.15, 0.2) is 0 Å². The van der Waals surface area contributed by atoms with E-state index in [0.29, 0.717) is 0 Å². The second kappa shape index (κ2) is 3.67. The van der Waals surface area contributed by atoms with E-state index in [1.807, 2.05) is 25.1 Å². The molecular weight excluding hydrogens is 224 g/mol. The van der Waals surface area contributed by atoms with E-state index in [2.05, 4.69) is 18.0 Å². The molecule has 2 aromatic heterocycles. The summed E-state index contributed by atoms with van der Waals surface area (Å²) >= 11 is 0. The van der Waals surface area contributed by atoms with Gasteiger partial charge in [0.25, 0.3) is 0 Å². The van der Waals surface area contributed by atoms with Crippen LogP contribution >= 0.6 is 0 Å². The lowest BCUT2D eigenvalue weighted by Crippen LogP contribution is -2.04. The highest BCUT2D eigenvalue weighted by molar-refractivity contribution is 6.14. The summed E-state index contributed by atoms with van der Waals surface area (Å²) in [6.07, 6.45) is 1.78. The summed E-state index contributed by atoms with van der Waals surface area (Å²) in [6.45, 7) is 5.62. The molecule has 0 aliphatic rings. The van der Waals surface area contributed by atoms with Crippen molar-refractivity contribution in [3.05, 3.63) is 41.7 Å². The van der Waals surface area contributed by atoms with Crippen molar-refractivity contribution in [2.45, 2.75) is 20.8 Å². The zero-order chi connectivity index (χ0) is 12.9. The Morgan fingerprint density at radius 1 is 1.22 bits per heavy atom. The minimum Gasteiger partial charge on any atom is -0.278 e. The molecule has 3 rings (SSSR count). The molecule has 0 saturated carbocycles. The highest BCUT2D eigenvalue weighted by atomic mass is 16.1. The molecule has 18 heavy (non-hydrogen) atoms. The third-order valence-electron chi connectivity index (χ3n) is 3.34. The van der Waals surface area contributed by atoms with E-state index in [1.54, 1.807) is 17.7 Å². The van der Waals surface area contributed by atoms with Crippen LogP contribution in [-0.4, -0.2) is 15.5 Å². The Morgan fingerprint density at radius 2 is 2.00 bits per heavy atom. The van der Waals surface area contributed by atoms with Gasteiger partial charge in [0.2, 0.25) is 5.91 Å². The molecule has 0 aliphatic carbocycles. The SMILES string of the molecule is CC(=O)n1c2cnc(C)cc2c2c(C)cccc21. The Hall–Kier alpha value is -2.16. The van der Waals surface area contributed by atoms with E-state index in [0.717, 1.165) is 27.5 Å². The second-order valence-electron chi connectivity index (χ2n) is 4.67. The number of rotatable bonds is 0. The molecule has 3 nitrogen and oxygen atoms in total. The Kier molecular flexibility index (Phi) is 2.23. The number of aryl methyl sites for hydroxylation is 2. The van der Waals surface area contributed by atoms with Gasteiger partial charge in [-0.25, -0.2) is 0 Å². The number of carbonyl (C=O) groups is 1. The zero-order valence-electron chi connectivity index (χ0n) is 10.7. The molecule has 1 aromatic carbocycles. The maximum atomic E-state index is 11.9. The van der Waals surface area contributed by atoms with Crippen molar-refractivity contribution in [2.24, 2.45) is 0 Å². The summed E-state index contributed by atoms with van der Waals surface area (Å²) in [5.41, 5.74) is 4.00. The monoisotopic (exact) mass is 238 g/mol. The average molecular weight is 238 g/mol. The van der Waals surface area contributed by atoms with Crippen LogP contribution in [0.25, 0.3) is 21.8 Å². The van der Waals surface area contributed by atoms with Gasteiger partial charge in [0.1, 0.15) is 0 Å². The van der Waals surface area contributed by atoms with Gasteiger partial charge in [-0.15, -0.1) is 0 Å². The molecule has 3 aromatic rings. The first-order chi connectivity index (χ1) is 8.59. The topological polar surface area (TPSA) is 34.9 Å². The maximum Gasteiger partial charge on any atom is 0.228 e. The van der Waals surface area contributed by atoms with E-state index >= 15 is 0 Å². The quantitative estimate of drug-likeness (QED) is 0.601. The largest absolute Gasteiger partial charge is 0.278 e. The number of aromatic nitrogens is 2. The van der Waals surface area contributed by atoms with E-state index in [9.17, 15) is 4.79 Å². The van der Waals surface area contributed by atoms with Crippen LogP contribution in [0.2, 0.25) is 0 Å². The van der Waals surface area contributed by atoms with E-state index in [1.165, 1.54) is 5.56 Å². The highest BCUT2D eigenvalue weighted by Gasteiger charge is 2.14. The standard InChI is InChI=1S/C15H14N2O/c1-9-5-4-6-13-15(9)12-7-10(2)16-8-14(12)17(13)11(3)18/h4-8H,1-3H3. The molecule has 2 heterocycles. The Labute approximate surface area is 105 Å². The van der Waals surface area contributed by atoms with E-state index in [4.69, 9.17) is 0 Å². The minimum absolute atomic E-state index is 0.0197. The van der Waals surface area contributed by atoms with Gasteiger partial charge < -0.3 is 0 Å². The molecule has 0 fully saturated rings. The van der Waals surface area contributed by atoms with Crippen molar-refractivity contribution in [1.82, 2.24) is 9.55 Å². The van der Waals surface area contributed by atoms with E-state index < -0.39 is 0 Å². The zero-order valence-corrected chi connectivity index (χ0v) is 10.7. The number of fused-ring (bicyclic) bond motifs is 3. The molecule has 0 atom stereocenters. The molecule has 0 radical (unpaired) electrons. The van der Waals surface area contributed by atoms with Gasteiger partial charge in [-0.2, -0.15) is 0 Å². The summed E-state index contributed by atoms with van der Waals surface area (Å²) in [5.74, 6) is 0.0197. The molecule has 90 valence electrons. The van der Waals surface area contributed by atoms with Crippen molar-refractivity contribution >= 4 is 27.7 Å². The summed E-state index contributed by atoms with van der Waals surface area (Å²) < 4.78 is 1.74. The molecule has 0 saturated heterocycles. The molecule has 0 bridgehead atoms. The first-order valence-corrected chi connectivity index (χ1v) is 5.97. The second-order valence-corrected chi connectivity index (χ2v) is 4.67. The first kappa shape index (κ1) is 11.0. The number of pyridine rings is 1. The lowest BCUT2D eigenvalue weighted by molar-refractivity contribution is 0.0946. The van der Waals surface area contributed by atoms with Crippen molar-refractivity contribution in [2.75, 3.05) is 0 Å². The molecular formula is C15H14N2O. The van der Waals surface area contributed by atoms with Gasteiger partial charge in [-0.3, -0.25) is 14.3 Å². The van der Waals surface area contributed by atoms with Crippen LogP contribution in [0, 0.1) is 13.8 Å². The van der Waals surface area contributed by atoms with Crippen LogP contribution in [0.1, 0.15) is 23.0 Å². The molecule has 0 N–H and O–H groups in total. The van der Waals surface area contributed by atoms with Crippen molar-refractivity contribution in [3.63, 3.8) is 0 Å². The summed E-state index contributed by atoms with van der Waals surface area (Å²) in [4.78, 5) is 16.2. The predicted octanol–water partition coefficient (Wildman–Crippen LogP) is 3.47. The number of carbonyl (C=O) groups excluding carboxylic acids is 1. The lowest BCUT2D eigenvalue weighted by Gasteiger charge is -2.01. The van der Waals surface area contributed by atoms with Gasteiger partial charge in [0, 0.05) is 23.4 Å². The molecule has 0 unspecified atom stereocenters. The van der Waals surface area contributed by atoms with Crippen molar-refractivity contribution in [1.29, 1.82) is 0 Å². The third-order valence-corrected chi connectivity index (χ3v) is 3.34. The number of hydrogen-bond donors (Lipinski definition) is 0. The fraction of sp³-hybridized carbons (Fsp3) is 0.200. The van der Waals surface area contributed by atoms with Gasteiger partial charge in [-0.05, 0) is 31.5 Å². The lowest BCUT2D eigenvalue weighted by atomic mass is 10.1. The number of nitrogens with zero attached hydrogens (tertiary/aromatic N) is 2. The van der Waals surface area contributed by atoms with Crippen LogP contribution in [0.5, 0.6) is 0 Å². The third kappa shape index (κ3) is 1.37. The molecule has 0 spiro atoms. The van der Waals surface area contributed by atoms with Crippen LogP contribution in [0.15, 0.2) is 30.5 Å². The van der Waals surface area contributed by atoms with E-state index in [-0.39, 0.29) is 5.91 Å². The number of benzene rings is 1. The molecule has 0 aliphatic heterocycles. The Bertz CT molecular complexity index is 784.